The molecule has 1 amide bonds. The molecule has 2 aliphatic heterocycles. The number of ether oxygens (including phenoxy) is 2. The number of alkyl halides is 3. The van der Waals surface area contributed by atoms with Crippen LogP contribution in [0.15, 0.2) is 36.8 Å². The van der Waals surface area contributed by atoms with E-state index in [0.717, 1.165) is 62.4 Å². The minimum absolute atomic E-state index is 0.0189. The van der Waals surface area contributed by atoms with Crippen LogP contribution in [0.25, 0.3) is 0 Å². The van der Waals surface area contributed by atoms with E-state index in [2.05, 4.69) is 25.5 Å². The van der Waals surface area contributed by atoms with Crippen LogP contribution in [0.1, 0.15) is 59.8 Å². The fourth-order valence-electron chi connectivity index (χ4n) is 6.01. The Hall–Kier alpha value is -4.00. The van der Waals surface area contributed by atoms with E-state index in [1.807, 2.05) is 36.3 Å². The average Bonchev–Trinajstić information content (AvgIpc) is 2.92. The summed E-state index contributed by atoms with van der Waals surface area (Å²) in [6.45, 7) is 5.50. The summed E-state index contributed by atoms with van der Waals surface area (Å²) < 4.78 is 50.9. The van der Waals surface area contributed by atoms with Gasteiger partial charge in [-0.3, -0.25) is 9.78 Å². The van der Waals surface area contributed by atoms with Crippen LogP contribution in [0.2, 0.25) is 0 Å². The Morgan fingerprint density at radius 3 is 2.79 bits per heavy atom. The Kier molecular flexibility index (Phi) is 7.37. The number of carbonyl (C=O) groups excluding carboxylic acids is 1. The zero-order valence-corrected chi connectivity index (χ0v) is 23.4. The molecular formula is C29H32F3N7O3. The first-order valence-electron chi connectivity index (χ1n) is 14.0. The lowest BCUT2D eigenvalue weighted by Gasteiger charge is -2.58. The van der Waals surface area contributed by atoms with Crippen LogP contribution in [0.3, 0.4) is 0 Å². The molecule has 10 nitrogen and oxygen atoms in total. The van der Waals surface area contributed by atoms with Gasteiger partial charge in [-0.15, -0.1) is 10.2 Å². The van der Waals surface area contributed by atoms with Gasteiger partial charge in [0.15, 0.2) is 5.82 Å². The highest BCUT2D eigenvalue weighted by Gasteiger charge is 2.54. The van der Waals surface area contributed by atoms with Crippen molar-refractivity contribution in [1.82, 2.24) is 30.8 Å². The summed E-state index contributed by atoms with van der Waals surface area (Å²) in [6, 6.07) is 6.76. The number of aromatic nitrogens is 4. The van der Waals surface area contributed by atoms with Crippen LogP contribution < -0.4 is 25.0 Å². The number of rotatable bonds is 8. The largest absolute Gasteiger partial charge is 0.490 e. The van der Waals surface area contributed by atoms with Gasteiger partial charge in [-0.1, -0.05) is 26.0 Å². The summed E-state index contributed by atoms with van der Waals surface area (Å²) in [6.07, 6.45) is 1.43. The third-order valence-electron chi connectivity index (χ3n) is 8.04. The molecule has 2 N–H and O–H groups in total. The average molecular weight is 584 g/mol. The van der Waals surface area contributed by atoms with Gasteiger partial charge in [0.25, 0.3) is 11.8 Å². The molecule has 1 saturated heterocycles. The number of anilines is 1. The zero-order chi connectivity index (χ0) is 29.5. The molecule has 1 spiro atoms. The highest BCUT2D eigenvalue weighted by molar-refractivity contribution is 5.97. The van der Waals surface area contributed by atoms with Crippen molar-refractivity contribution in [3.05, 3.63) is 59.2 Å². The second-order valence-electron chi connectivity index (χ2n) is 11.5. The number of benzene rings is 1. The Balaban J connectivity index is 1.14. The maximum atomic E-state index is 12.8. The molecule has 0 unspecified atom stereocenters. The topological polar surface area (TPSA) is 114 Å². The first-order valence-corrected chi connectivity index (χ1v) is 14.0. The molecule has 2 aromatic heterocycles. The molecule has 222 valence electrons. The van der Waals surface area contributed by atoms with Gasteiger partial charge < -0.3 is 25.0 Å². The van der Waals surface area contributed by atoms with E-state index in [1.165, 1.54) is 12.4 Å². The lowest BCUT2D eigenvalue weighted by atomic mass is 9.61. The molecule has 13 heteroatoms. The van der Waals surface area contributed by atoms with Crippen molar-refractivity contribution < 1.29 is 27.4 Å². The molecule has 1 saturated carbocycles. The van der Waals surface area contributed by atoms with E-state index < -0.39 is 18.6 Å². The number of nitrogens with zero attached hydrogens (tertiary/aromatic N) is 5. The van der Waals surface area contributed by atoms with E-state index in [0.29, 0.717) is 11.4 Å². The summed E-state index contributed by atoms with van der Waals surface area (Å²) in [4.78, 5) is 23.7. The van der Waals surface area contributed by atoms with Gasteiger partial charge in [-0.25, -0.2) is 4.98 Å². The van der Waals surface area contributed by atoms with Crippen LogP contribution in [0.5, 0.6) is 17.4 Å². The molecule has 3 aliphatic rings. The van der Waals surface area contributed by atoms with Crippen LogP contribution in [0.4, 0.5) is 19.0 Å². The molecule has 0 bridgehead atoms. The highest BCUT2D eigenvalue weighted by atomic mass is 19.4. The maximum Gasteiger partial charge on any atom is 0.405 e. The highest BCUT2D eigenvalue weighted by Crippen LogP contribution is 2.52. The third kappa shape index (κ3) is 5.69. The normalized spacial score (nSPS) is 17.8. The van der Waals surface area contributed by atoms with E-state index in [-0.39, 0.29) is 34.6 Å². The Morgan fingerprint density at radius 2 is 2.02 bits per heavy atom. The minimum Gasteiger partial charge on any atom is -0.490 e. The van der Waals surface area contributed by atoms with Gasteiger partial charge in [0.2, 0.25) is 0 Å². The fraction of sp³-hybridized carbons (Fsp3) is 0.483. The van der Waals surface area contributed by atoms with Gasteiger partial charge in [0.05, 0.1) is 5.56 Å². The minimum atomic E-state index is -4.54. The standard InChI is InChI=1S/C29H32F3N7O3/c1-17(2)19-4-3-5-20(26(40)35-13-29(30,31)32)24(19)42-27-25(36-16-37-38-27)39-14-28(15-39)10-18(11-28)41-23-7-9-34-22-6-8-33-12-21(22)23/h3-5,7,9,16-18,33H,6,8,10-15H2,1-2H3,(H,35,40). The molecule has 0 atom stereocenters. The maximum absolute atomic E-state index is 12.8. The molecule has 42 heavy (non-hydrogen) atoms. The molecule has 1 aromatic carbocycles. The number of fused-ring (bicyclic) bond motifs is 1. The number of hydrogen-bond donors (Lipinski definition) is 2. The first-order chi connectivity index (χ1) is 20.1. The number of pyridine rings is 1. The monoisotopic (exact) mass is 583 g/mol. The predicted molar refractivity (Wildman–Crippen MR) is 147 cm³/mol. The Bertz CT molecular complexity index is 1470. The summed E-state index contributed by atoms with van der Waals surface area (Å²) in [7, 11) is 0. The van der Waals surface area contributed by atoms with Gasteiger partial charge in [0.1, 0.15) is 30.5 Å². The lowest BCUT2D eigenvalue weighted by Crippen LogP contribution is -2.65. The van der Waals surface area contributed by atoms with Crippen LogP contribution in [-0.2, 0) is 13.0 Å². The van der Waals surface area contributed by atoms with Crippen molar-refractivity contribution >= 4 is 11.7 Å². The molecule has 1 aliphatic carbocycles. The zero-order valence-electron chi connectivity index (χ0n) is 23.4. The van der Waals surface area contributed by atoms with E-state index >= 15 is 0 Å². The van der Waals surface area contributed by atoms with Crippen molar-refractivity contribution in [2.75, 3.05) is 31.1 Å². The summed E-state index contributed by atoms with van der Waals surface area (Å²) in [5, 5.41) is 13.3. The smallest absolute Gasteiger partial charge is 0.405 e. The SMILES string of the molecule is CC(C)c1cccc(C(=O)NCC(F)(F)F)c1Oc1nncnc1N1CC2(CC(Oc3ccnc4c3CNCC4)C2)C1. The fourth-order valence-corrected chi connectivity index (χ4v) is 6.01. The van der Waals surface area contributed by atoms with Crippen LogP contribution in [-0.4, -0.2) is 64.5 Å². The second kappa shape index (κ2) is 11.0. The molecule has 6 rings (SSSR count). The van der Waals surface area contributed by atoms with Crippen molar-refractivity contribution in [3.63, 3.8) is 0 Å². The number of para-hydroxylation sites is 1. The van der Waals surface area contributed by atoms with Crippen molar-refractivity contribution in [3.8, 4) is 17.4 Å². The van der Waals surface area contributed by atoms with E-state index in [9.17, 15) is 18.0 Å². The first kappa shape index (κ1) is 28.1. The number of halogens is 3. The summed E-state index contributed by atoms with van der Waals surface area (Å²) in [5.74, 6) is 0.626. The Morgan fingerprint density at radius 1 is 1.21 bits per heavy atom. The van der Waals surface area contributed by atoms with Crippen molar-refractivity contribution in [1.29, 1.82) is 0 Å². The van der Waals surface area contributed by atoms with Crippen molar-refractivity contribution in [2.45, 2.75) is 57.9 Å². The molecule has 4 heterocycles. The number of carbonyl (C=O) groups is 1. The summed E-state index contributed by atoms with van der Waals surface area (Å²) in [5.41, 5.74) is 2.96. The Labute approximate surface area is 241 Å². The second-order valence-corrected chi connectivity index (χ2v) is 11.5. The van der Waals surface area contributed by atoms with E-state index in [1.54, 1.807) is 12.1 Å². The van der Waals surface area contributed by atoms with Gasteiger partial charge in [0, 0.05) is 55.5 Å². The van der Waals surface area contributed by atoms with Gasteiger partial charge in [-0.05, 0) is 36.5 Å². The molecule has 3 aromatic rings. The quantitative estimate of drug-likeness (QED) is 0.403. The van der Waals surface area contributed by atoms with Crippen LogP contribution >= 0.6 is 0 Å². The number of amides is 1. The summed E-state index contributed by atoms with van der Waals surface area (Å²) >= 11 is 0. The molecule has 0 radical (unpaired) electrons. The predicted octanol–water partition coefficient (Wildman–Crippen LogP) is 4.17. The molecule has 2 fully saturated rings. The number of nitrogens with one attached hydrogen (secondary N) is 2. The van der Waals surface area contributed by atoms with Gasteiger partial charge >= 0.3 is 6.18 Å². The number of hydrogen-bond acceptors (Lipinski definition) is 9. The third-order valence-corrected chi connectivity index (χ3v) is 8.04. The van der Waals surface area contributed by atoms with Crippen molar-refractivity contribution in [2.24, 2.45) is 5.41 Å². The van der Waals surface area contributed by atoms with Gasteiger partial charge in [-0.2, -0.15) is 13.2 Å². The van der Waals surface area contributed by atoms with E-state index in [4.69, 9.17) is 9.47 Å². The van der Waals surface area contributed by atoms with Crippen LogP contribution in [0, 0.1) is 5.41 Å². The molecular weight excluding hydrogens is 551 g/mol. The lowest BCUT2D eigenvalue weighted by molar-refractivity contribution is -0.123.